The molecule has 2 atom stereocenters. The summed E-state index contributed by atoms with van der Waals surface area (Å²) in [6, 6.07) is 0. The van der Waals surface area contributed by atoms with E-state index in [9.17, 15) is 4.79 Å². The van der Waals surface area contributed by atoms with Crippen molar-refractivity contribution in [2.24, 2.45) is 5.92 Å². The third kappa shape index (κ3) is 0.686. The summed E-state index contributed by atoms with van der Waals surface area (Å²) in [5.41, 5.74) is 0. The molecule has 0 aliphatic carbocycles. The maximum atomic E-state index is 10.9. The van der Waals surface area contributed by atoms with E-state index in [0.29, 0.717) is 19.8 Å². The summed E-state index contributed by atoms with van der Waals surface area (Å²) in [7, 11) is 0. The van der Waals surface area contributed by atoms with Crippen LogP contribution in [0.5, 0.6) is 0 Å². The van der Waals surface area contributed by atoms with E-state index in [1.807, 2.05) is 0 Å². The van der Waals surface area contributed by atoms with E-state index in [0.717, 1.165) is 0 Å². The Kier molecular flexibility index (Phi) is 1.07. The first kappa shape index (κ1) is 5.38. The van der Waals surface area contributed by atoms with Crippen molar-refractivity contribution in [1.82, 2.24) is 0 Å². The van der Waals surface area contributed by atoms with Crippen LogP contribution in [0, 0.1) is 5.92 Å². The first-order chi connectivity index (χ1) is 4.38. The first-order valence-corrected chi connectivity index (χ1v) is 3.10. The van der Waals surface area contributed by atoms with E-state index in [2.05, 4.69) is 0 Å². The van der Waals surface area contributed by atoms with E-state index in [1.54, 1.807) is 0 Å². The molecule has 2 aliphatic rings. The lowest BCUT2D eigenvalue weighted by atomic mass is 10.1. The molecule has 0 aromatic carbocycles. The van der Waals surface area contributed by atoms with Gasteiger partial charge < -0.3 is 9.47 Å². The Balaban J connectivity index is 2.15. The summed E-state index contributed by atoms with van der Waals surface area (Å²) < 4.78 is 10.2. The zero-order chi connectivity index (χ0) is 6.27. The first-order valence-electron chi connectivity index (χ1n) is 3.10. The smallest absolute Gasteiger partial charge is 0.166 e. The van der Waals surface area contributed by atoms with Gasteiger partial charge in [0.15, 0.2) is 5.78 Å². The molecule has 0 bridgehead atoms. The maximum Gasteiger partial charge on any atom is 0.166 e. The summed E-state index contributed by atoms with van der Waals surface area (Å²) >= 11 is 0. The number of rotatable bonds is 0. The molecular formula is C6H8O3. The van der Waals surface area contributed by atoms with Crippen LogP contribution >= 0.6 is 0 Å². The molecule has 9 heavy (non-hydrogen) atoms. The minimum atomic E-state index is 0.0602. The van der Waals surface area contributed by atoms with Crippen LogP contribution in [0.3, 0.4) is 0 Å². The van der Waals surface area contributed by atoms with Gasteiger partial charge in [-0.1, -0.05) is 0 Å². The summed E-state index contributed by atoms with van der Waals surface area (Å²) in [6.45, 7) is 1.48. The second kappa shape index (κ2) is 1.78. The van der Waals surface area contributed by atoms with Crippen molar-refractivity contribution >= 4 is 5.78 Å². The Hall–Kier alpha value is -0.410. The fourth-order valence-electron chi connectivity index (χ4n) is 1.30. The Labute approximate surface area is 52.9 Å². The molecule has 0 saturated carbocycles. The molecule has 2 aliphatic heterocycles. The average molecular weight is 128 g/mol. The van der Waals surface area contributed by atoms with Crippen LogP contribution in [-0.2, 0) is 14.3 Å². The molecule has 2 saturated heterocycles. The summed E-state index contributed by atoms with van der Waals surface area (Å²) in [5, 5.41) is 0. The maximum absolute atomic E-state index is 10.9. The van der Waals surface area contributed by atoms with Gasteiger partial charge in [0.2, 0.25) is 0 Å². The van der Waals surface area contributed by atoms with E-state index < -0.39 is 0 Å². The van der Waals surface area contributed by atoms with Crippen molar-refractivity contribution in [3.05, 3.63) is 0 Å². The average Bonchev–Trinajstić information content (AvgIpc) is 2.35. The third-order valence-corrected chi connectivity index (χ3v) is 1.88. The highest BCUT2D eigenvalue weighted by Gasteiger charge is 2.40. The lowest BCUT2D eigenvalue weighted by Crippen LogP contribution is -2.17. The SMILES string of the molecule is O=C1CO[C@H]2COC[C@@H]12. The topological polar surface area (TPSA) is 35.5 Å². The lowest BCUT2D eigenvalue weighted by Gasteiger charge is -1.99. The van der Waals surface area contributed by atoms with Crippen LogP contribution in [-0.4, -0.2) is 31.7 Å². The van der Waals surface area contributed by atoms with Crippen molar-refractivity contribution in [1.29, 1.82) is 0 Å². The van der Waals surface area contributed by atoms with Crippen LogP contribution in [0.15, 0.2) is 0 Å². The van der Waals surface area contributed by atoms with Crippen LogP contribution in [0.1, 0.15) is 0 Å². The molecule has 0 amide bonds. The zero-order valence-corrected chi connectivity index (χ0v) is 5.00. The van der Waals surface area contributed by atoms with Crippen LogP contribution in [0.25, 0.3) is 0 Å². The van der Waals surface area contributed by atoms with Gasteiger partial charge in [-0.15, -0.1) is 0 Å². The Morgan fingerprint density at radius 3 is 3.11 bits per heavy atom. The predicted molar refractivity (Wildman–Crippen MR) is 29.1 cm³/mol. The summed E-state index contributed by atoms with van der Waals surface area (Å²) in [4.78, 5) is 10.9. The van der Waals surface area contributed by atoms with Crippen molar-refractivity contribution in [2.45, 2.75) is 6.10 Å². The standard InChI is InChI=1S/C6H8O3/c7-5-2-9-6-3-8-1-4(5)6/h4,6H,1-3H2/t4-,6-/m0/s1. The summed E-state index contributed by atoms with van der Waals surface area (Å²) in [6.07, 6.45) is 0.0810. The molecule has 0 spiro atoms. The number of carbonyl (C=O) groups is 1. The molecule has 2 fully saturated rings. The van der Waals surface area contributed by atoms with Gasteiger partial charge >= 0.3 is 0 Å². The van der Waals surface area contributed by atoms with Crippen molar-refractivity contribution < 1.29 is 14.3 Å². The number of hydrogen-bond donors (Lipinski definition) is 0. The van der Waals surface area contributed by atoms with Crippen molar-refractivity contribution in [3.63, 3.8) is 0 Å². The highest BCUT2D eigenvalue weighted by atomic mass is 16.6. The predicted octanol–water partition coefficient (Wildman–Crippen LogP) is -0.399. The molecule has 2 rings (SSSR count). The van der Waals surface area contributed by atoms with E-state index in [1.165, 1.54) is 0 Å². The van der Waals surface area contributed by atoms with Crippen LogP contribution in [0.4, 0.5) is 0 Å². The van der Waals surface area contributed by atoms with E-state index >= 15 is 0 Å². The fraction of sp³-hybridized carbons (Fsp3) is 0.833. The number of fused-ring (bicyclic) bond motifs is 1. The van der Waals surface area contributed by atoms with Gasteiger partial charge in [-0.2, -0.15) is 0 Å². The highest BCUT2D eigenvalue weighted by molar-refractivity contribution is 5.84. The number of ether oxygens (including phenoxy) is 2. The Morgan fingerprint density at radius 2 is 2.33 bits per heavy atom. The number of hydrogen-bond acceptors (Lipinski definition) is 3. The molecule has 0 N–H and O–H groups in total. The number of ketones is 1. The lowest BCUT2D eigenvalue weighted by molar-refractivity contribution is -0.121. The molecule has 3 heteroatoms. The molecule has 3 nitrogen and oxygen atoms in total. The molecule has 0 aromatic heterocycles. The second-order valence-corrected chi connectivity index (χ2v) is 2.46. The second-order valence-electron chi connectivity index (χ2n) is 2.46. The Bertz CT molecular complexity index is 143. The van der Waals surface area contributed by atoms with Gasteiger partial charge in [-0.05, 0) is 0 Å². The van der Waals surface area contributed by atoms with Gasteiger partial charge in [-0.3, -0.25) is 4.79 Å². The Morgan fingerprint density at radius 1 is 1.44 bits per heavy atom. The highest BCUT2D eigenvalue weighted by Crippen LogP contribution is 2.23. The normalized spacial score (nSPS) is 41.6. The molecule has 2 heterocycles. The van der Waals surface area contributed by atoms with Gasteiger partial charge in [0.05, 0.1) is 25.2 Å². The van der Waals surface area contributed by atoms with Gasteiger partial charge in [-0.25, -0.2) is 0 Å². The van der Waals surface area contributed by atoms with Crippen molar-refractivity contribution in [3.8, 4) is 0 Å². The van der Waals surface area contributed by atoms with E-state index in [4.69, 9.17) is 9.47 Å². The summed E-state index contributed by atoms with van der Waals surface area (Å²) in [5.74, 6) is 0.266. The van der Waals surface area contributed by atoms with Gasteiger partial charge in [0, 0.05) is 0 Å². The van der Waals surface area contributed by atoms with Crippen LogP contribution < -0.4 is 0 Å². The molecule has 50 valence electrons. The fourth-order valence-corrected chi connectivity index (χ4v) is 1.30. The van der Waals surface area contributed by atoms with E-state index in [-0.39, 0.29) is 17.8 Å². The minimum absolute atomic E-state index is 0.0602. The largest absolute Gasteiger partial charge is 0.378 e. The quantitative estimate of drug-likeness (QED) is 0.445. The third-order valence-electron chi connectivity index (χ3n) is 1.88. The zero-order valence-electron chi connectivity index (χ0n) is 5.00. The van der Waals surface area contributed by atoms with Crippen LogP contribution in [0.2, 0.25) is 0 Å². The number of Topliss-reactive ketones (excluding diaryl/α,β-unsaturated/α-hetero) is 1. The van der Waals surface area contributed by atoms with Crippen molar-refractivity contribution in [2.75, 3.05) is 19.8 Å². The van der Waals surface area contributed by atoms with Gasteiger partial charge in [0.1, 0.15) is 6.61 Å². The monoisotopic (exact) mass is 128 g/mol. The van der Waals surface area contributed by atoms with Gasteiger partial charge in [0.25, 0.3) is 0 Å². The minimum Gasteiger partial charge on any atom is -0.378 e. The number of carbonyl (C=O) groups excluding carboxylic acids is 1. The molecule has 0 radical (unpaired) electrons. The molecule has 0 aromatic rings. The molecular weight excluding hydrogens is 120 g/mol. The molecule has 0 unspecified atom stereocenters.